The lowest BCUT2D eigenvalue weighted by Gasteiger charge is -2.04. The molecule has 0 bridgehead atoms. The zero-order chi connectivity index (χ0) is 17.8. The molecule has 5 nitrogen and oxygen atoms in total. The van der Waals surface area contributed by atoms with Gasteiger partial charge < -0.3 is 14.3 Å². The van der Waals surface area contributed by atoms with Crippen molar-refractivity contribution in [2.24, 2.45) is 0 Å². The van der Waals surface area contributed by atoms with Gasteiger partial charge in [0.25, 0.3) is 0 Å². The highest BCUT2D eigenvalue weighted by atomic mass is 16.5. The van der Waals surface area contributed by atoms with Crippen LogP contribution in [0.1, 0.15) is 22.8 Å². The Morgan fingerprint density at radius 1 is 1.20 bits per heavy atom. The van der Waals surface area contributed by atoms with E-state index in [2.05, 4.69) is 0 Å². The quantitative estimate of drug-likeness (QED) is 0.436. The lowest BCUT2D eigenvalue weighted by molar-refractivity contribution is 0.104. The molecule has 1 heterocycles. The van der Waals surface area contributed by atoms with Crippen molar-refractivity contribution in [2.75, 3.05) is 6.61 Å². The number of fused-ring (bicyclic) bond motifs is 1. The second-order valence-corrected chi connectivity index (χ2v) is 5.31. The molecule has 0 spiro atoms. The summed E-state index contributed by atoms with van der Waals surface area (Å²) in [5, 5.41) is 10.6. The molecule has 3 rings (SSSR count). The molecule has 0 aliphatic rings. The van der Waals surface area contributed by atoms with Gasteiger partial charge in [0, 0.05) is 0 Å². The van der Waals surface area contributed by atoms with E-state index in [0.29, 0.717) is 17.7 Å². The number of allylic oxidation sites excluding steroid dienone is 1. The summed E-state index contributed by atoms with van der Waals surface area (Å²) < 4.78 is 10.5. The SMILES string of the molecule is CCOc1cccc(/C=C/C(=O)c2c(O)c3ccccc3oc2=O)c1. The molecule has 25 heavy (non-hydrogen) atoms. The summed E-state index contributed by atoms with van der Waals surface area (Å²) in [6, 6.07) is 13.7. The van der Waals surface area contributed by atoms with Crippen molar-refractivity contribution in [1.29, 1.82) is 0 Å². The Hall–Kier alpha value is -3.34. The largest absolute Gasteiger partial charge is 0.506 e. The molecule has 0 amide bonds. The van der Waals surface area contributed by atoms with Crippen LogP contribution in [0.4, 0.5) is 0 Å². The molecule has 0 unspecified atom stereocenters. The summed E-state index contributed by atoms with van der Waals surface area (Å²) in [4.78, 5) is 24.4. The van der Waals surface area contributed by atoms with Crippen LogP contribution in [-0.4, -0.2) is 17.5 Å². The molecule has 0 saturated carbocycles. The van der Waals surface area contributed by atoms with Gasteiger partial charge in [-0.3, -0.25) is 4.79 Å². The number of carbonyl (C=O) groups excluding carboxylic acids is 1. The Morgan fingerprint density at radius 2 is 2.00 bits per heavy atom. The van der Waals surface area contributed by atoms with Crippen LogP contribution >= 0.6 is 0 Å². The molecule has 5 heteroatoms. The first-order valence-electron chi connectivity index (χ1n) is 7.80. The van der Waals surface area contributed by atoms with Crippen LogP contribution < -0.4 is 10.4 Å². The fourth-order valence-electron chi connectivity index (χ4n) is 2.48. The van der Waals surface area contributed by atoms with E-state index in [9.17, 15) is 14.7 Å². The second-order valence-electron chi connectivity index (χ2n) is 5.31. The van der Waals surface area contributed by atoms with E-state index >= 15 is 0 Å². The lowest BCUT2D eigenvalue weighted by Crippen LogP contribution is -2.12. The molecular weight excluding hydrogens is 320 g/mol. The van der Waals surface area contributed by atoms with Crippen molar-refractivity contribution in [3.05, 3.63) is 76.2 Å². The second kappa shape index (κ2) is 7.05. The van der Waals surface area contributed by atoms with Gasteiger partial charge in [0.15, 0.2) is 5.78 Å². The van der Waals surface area contributed by atoms with Gasteiger partial charge in [-0.2, -0.15) is 0 Å². The molecule has 0 aliphatic heterocycles. The minimum Gasteiger partial charge on any atom is -0.506 e. The zero-order valence-corrected chi connectivity index (χ0v) is 13.6. The molecular formula is C20H16O5. The molecule has 0 fully saturated rings. The van der Waals surface area contributed by atoms with Crippen LogP contribution in [0.5, 0.6) is 11.5 Å². The molecule has 3 aromatic rings. The van der Waals surface area contributed by atoms with Crippen molar-refractivity contribution in [3.8, 4) is 11.5 Å². The maximum atomic E-state index is 12.4. The topological polar surface area (TPSA) is 76.7 Å². The number of aromatic hydroxyl groups is 1. The van der Waals surface area contributed by atoms with Crippen LogP contribution in [0.3, 0.4) is 0 Å². The fraction of sp³-hybridized carbons (Fsp3) is 0.100. The van der Waals surface area contributed by atoms with E-state index in [0.717, 1.165) is 5.56 Å². The highest BCUT2D eigenvalue weighted by Gasteiger charge is 2.18. The van der Waals surface area contributed by atoms with E-state index < -0.39 is 11.4 Å². The van der Waals surface area contributed by atoms with Crippen LogP contribution in [0.15, 0.2) is 63.8 Å². The Morgan fingerprint density at radius 3 is 2.80 bits per heavy atom. The van der Waals surface area contributed by atoms with E-state index in [4.69, 9.17) is 9.15 Å². The van der Waals surface area contributed by atoms with Gasteiger partial charge in [-0.05, 0) is 42.8 Å². The Bertz CT molecular complexity index is 1010. The number of carbonyl (C=O) groups is 1. The van der Waals surface area contributed by atoms with E-state index in [1.165, 1.54) is 6.08 Å². The summed E-state index contributed by atoms with van der Waals surface area (Å²) in [5.74, 6) is -0.312. The summed E-state index contributed by atoms with van der Waals surface area (Å²) >= 11 is 0. The first kappa shape index (κ1) is 16.5. The number of para-hydroxylation sites is 1. The average molecular weight is 336 g/mol. The molecule has 0 atom stereocenters. The normalized spacial score (nSPS) is 11.1. The standard InChI is InChI=1S/C20H16O5/c1-2-24-14-7-5-6-13(12-14)10-11-16(21)18-19(22)15-8-3-4-9-17(15)25-20(18)23/h3-12,22H,2H2,1H3/b11-10+. The zero-order valence-electron chi connectivity index (χ0n) is 13.6. The van der Waals surface area contributed by atoms with Gasteiger partial charge in [0.1, 0.15) is 22.6 Å². The fourth-order valence-corrected chi connectivity index (χ4v) is 2.48. The molecule has 126 valence electrons. The molecule has 0 aliphatic carbocycles. The summed E-state index contributed by atoms with van der Waals surface area (Å²) in [6.07, 6.45) is 2.78. The molecule has 0 saturated heterocycles. The molecule has 2 aromatic carbocycles. The number of benzene rings is 2. The number of ketones is 1. The Kier molecular flexibility index (Phi) is 4.66. The van der Waals surface area contributed by atoms with Crippen LogP contribution in [0.2, 0.25) is 0 Å². The summed E-state index contributed by atoms with van der Waals surface area (Å²) in [7, 11) is 0. The van der Waals surface area contributed by atoms with E-state index in [1.807, 2.05) is 13.0 Å². The van der Waals surface area contributed by atoms with Crippen molar-refractivity contribution in [3.63, 3.8) is 0 Å². The number of ether oxygens (including phenoxy) is 1. The van der Waals surface area contributed by atoms with Crippen LogP contribution in [0, 0.1) is 0 Å². The minimum absolute atomic E-state index is 0.231. The molecule has 0 radical (unpaired) electrons. The average Bonchev–Trinajstić information content (AvgIpc) is 2.61. The van der Waals surface area contributed by atoms with Gasteiger partial charge in [0.05, 0.1) is 12.0 Å². The monoisotopic (exact) mass is 336 g/mol. The van der Waals surface area contributed by atoms with E-state index in [1.54, 1.807) is 48.5 Å². The maximum absolute atomic E-state index is 12.4. The smallest absolute Gasteiger partial charge is 0.351 e. The van der Waals surface area contributed by atoms with Gasteiger partial charge in [-0.25, -0.2) is 4.79 Å². The first-order valence-corrected chi connectivity index (χ1v) is 7.80. The first-order chi connectivity index (χ1) is 12.1. The lowest BCUT2D eigenvalue weighted by atomic mass is 10.1. The van der Waals surface area contributed by atoms with Gasteiger partial charge in [-0.1, -0.05) is 30.3 Å². The minimum atomic E-state index is -0.867. The summed E-state index contributed by atoms with van der Waals surface area (Å²) in [5.41, 5.74) is -0.274. The van der Waals surface area contributed by atoms with Crippen molar-refractivity contribution >= 4 is 22.8 Å². The van der Waals surface area contributed by atoms with E-state index in [-0.39, 0.29) is 16.9 Å². The van der Waals surface area contributed by atoms with Gasteiger partial charge >= 0.3 is 5.63 Å². The number of hydrogen-bond acceptors (Lipinski definition) is 5. The van der Waals surface area contributed by atoms with Crippen molar-refractivity contribution < 1.29 is 19.1 Å². The highest BCUT2D eigenvalue weighted by molar-refractivity contribution is 6.10. The Balaban J connectivity index is 1.95. The number of rotatable bonds is 5. The van der Waals surface area contributed by atoms with Crippen molar-refractivity contribution in [2.45, 2.75) is 6.92 Å². The predicted molar refractivity (Wildman–Crippen MR) is 95.1 cm³/mol. The maximum Gasteiger partial charge on any atom is 0.351 e. The van der Waals surface area contributed by atoms with Gasteiger partial charge in [0.2, 0.25) is 0 Å². The summed E-state index contributed by atoms with van der Waals surface area (Å²) in [6.45, 7) is 2.42. The molecule has 1 aromatic heterocycles. The van der Waals surface area contributed by atoms with Crippen LogP contribution in [0.25, 0.3) is 17.0 Å². The van der Waals surface area contributed by atoms with Gasteiger partial charge in [-0.15, -0.1) is 0 Å². The highest BCUT2D eigenvalue weighted by Crippen LogP contribution is 2.26. The Labute approximate surface area is 143 Å². The molecule has 1 N–H and O–H groups in total. The third kappa shape index (κ3) is 3.45. The van der Waals surface area contributed by atoms with Crippen molar-refractivity contribution in [1.82, 2.24) is 0 Å². The third-order valence-electron chi connectivity index (χ3n) is 3.63. The van der Waals surface area contributed by atoms with Crippen LogP contribution in [-0.2, 0) is 0 Å². The predicted octanol–water partition coefficient (Wildman–Crippen LogP) is 3.79. The third-order valence-corrected chi connectivity index (χ3v) is 3.63. The number of hydrogen-bond donors (Lipinski definition) is 1.